The predicted octanol–water partition coefficient (Wildman–Crippen LogP) is 2.95. The predicted molar refractivity (Wildman–Crippen MR) is 135 cm³/mol. The van der Waals surface area contributed by atoms with Gasteiger partial charge >= 0.3 is 0 Å². The quantitative estimate of drug-likeness (QED) is 0.570. The molecular formula is C25H25Cl2N5O4. The molecule has 1 aliphatic rings. The molecule has 0 aliphatic carbocycles. The molecule has 3 unspecified atom stereocenters. The standard InChI is InChI=1S/C25H25Cl2N5O4/c1-15(29-23(34)16-8-9-20(26)21(27)11-16)25(36)31(2)14-22(33)32-13-17(10-19(32)12-28)24(35)30-18-6-4-3-5-7-18/h3-9,11,15,17,19H,10,13-14H2,1-2H3,(H,29,34)(H,30,35). The number of para-hydroxylation sites is 1. The number of rotatable bonds is 7. The van der Waals surface area contributed by atoms with E-state index in [2.05, 4.69) is 16.7 Å². The van der Waals surface area contributed by atoms with Crippen molar-refractivity contribution in [1.29, 1.82) is 5.26 Å². The van der Waals surface area contributed by atoms with E-state index >= 15 is 0 Å². The first-order valence-corrected chi connectivity index (χ1v) is 11.9. The fourth-order valence-electron chi connectivity index (χ4n) is 3.87. The Bertz CT molecular complexity index is 1200. The van der Waals surface area contributed by atoms with Gasteiger partial charge < -0.3 is 20.4 Å². The van der Waals surface area contributed by atoms with Crippen molar-refractivity contribution in [3.63, 3.8) is 0 Å². The molecule has 9 nitrogen and oxygen atoms in total. The van der Waals surface area contributed by atoms with E-state index in [1.165, 1.54) is 42.0 Å². The Hall–Kier alpha value is -3.61. The fraction of sp³-hybridized carbons (Fsp3) is 0.320. The number of benzene rings is 2. The average molecular weight is 530 g/mol. The van der Waals surface area contributed by atoms with Gasteiger partial charge in [0.1, 0.15) is 12.1 Å². The van der Waals surface area contributed by atoms with Crippen LogP contribution in [0.25, 0.3) is 0 Å². The zero-order valence-electron chi connectivity index (χ0n) is 19.7. The molecule has 11 heteroatoms. The first-order chi connectivity index (χ1) is 17.1. The summed E-state index contributed by atoms with van der Waals surface area (Å²) in [6, 6.07) is 13.6. The number of carbonyl (C=O) groups is 4. The summed E-state index contributed by atoms with van der Waals surface area (Å²) in [6.07, 6.45) is 0.203. The second-order valence-corrected chi connectivity index (χ2v) is 9.31. The summed E-state index contributed by atoms with van der Waals surface area (Å²) in [4.78, 5) is 53.3. The van der Waals surface area contributed by atoms with Crippen LogP contribution in [0.1, 0.15) is 23.7 Å². The van der Waals surface area contributed by atoms with Gasteiger partial charge in [0.05, 0.1) is 28.6 Å². The molecule has 0 spiro atoms. The number of nitrogens with one attached hydrogen (secondary N) is 2. The van der Waals surface area contributed by atoms with Gasteiger partial charge in [-0.15, -0.1) is 0 Å². The van der Waals surface area contributed by atoms with Crippen molar-refractivity contribution in [2.24, 2.45) is 5.92 Å². The third-order valence-electron chi connectivity index (χ3n) is 5.83. The molecule has 2 aromatic rings. The highest BCUT2D eigenvalue weighted by molar-refractivity contribution is 6.42. The second-order valence-electron chi connectivity index (χ2n) is 8.50. The average Bonchev–Trinajstić information content (AvgIpc) is 3.30. The van der Waals surface area contributed by atoms with Crippen LogP contribution in [0.3, 0.4) is 0 Å². The molecule has 36 heavy (non-hydrogen) atoms. The van der Waals surface area contributed by atoms with E-state index < -0.39 is 35.7 Å². The van der Waals surface area contributed by atoms with Gasteiger partial charge in [0.15, 0.2) is 0 Å². The summed E-state index contributed by atoms with van der Waals surface area (Å²) in [5.41, 5.74) is 0.861. The number of nitrogens with zero attached hydrogens (tertiary/aromatic N) is 3. The van der Waals surface area contributed by atoms with Crippen LogP contribution in [0.4, 0.5) is 5.69 Å². The van der Waals surface area contributed by atoms with E-state index in [1.54, 1.807) is 24.3 Å². The van der Waals surface area contributed by atoms with Crippen LogP contribution >= 0.6 is 23.2 Å². The molecule has 0 bridgehead atoms. The first-order valence-electron chi connectivity index (χ1n) is 11.2. The number of hydrogen-bond donors (Lipinski definition) is 2. The number of carbonyl (C=O) groups excluding carboxylic acids is 4. The van der Waals surface area contributed by atoms with Gasteiger partial charge in [-0.25, -0.2) is 0 Å². The third kappa shape index (κ3) is 6.53. The summed E-state index contributed by atoms with van der Waals surface area (Å²) in [6.45, 7) is 1.26. The maximum absolute atomic E-state index is 12.9. The number of hydrogen-bond acceptors (Lipinski definition) is 5. The van der Waals surface area contributed by atoms with E-state index in [4.69, 9.17) is 23.2 Å². The monoisotopic (exact) mass is 529 g/mol. The van der Waals surface area contributed by atoms with Crippen LogP contribution in [0.15, 0.2) is 48.5 Å². The molecule has 0 saturated carbocycles. The Morgan fingerprint density at radius 1 is 1.14 bits per heavy atom. The lowest BCUT2D eigenvalue weighted by atomic mass is 10.1. The highest BCUT2D eigenvalue weighted by Crippen LogP contribution is 2.25. The lowest BCUT2D eigenvalue weighted by Crippen LogP contribution is -2.49. The number of halogens is 2. The molecule has 0 radical (unpaired) electrons. The van der Waals surface area contributed by atoms with E-state index in [-0.39, 0.29) is 36.0 Å². The number of anilines is 1. The van der Waals surface area contributed by atoms with Gasteiger partial charge in [0, 0.05) is 24.8 Å². The van der Waals surface area contributed by atoms with Gasteiger partial charge in [-0.1, -0.05) is 41.4 Å². The van der Waals surface area contributed by atoms with Crippen LogP contribution in [0.5, 0.6) is 0 Å². The van der Waals surface area contributed by atoms with Crippen LogP contribution in [0, 0.1) is 17.2 Å². The third-order valence-corrected chi connectivity index (χ3v) is 6.57. The summed E-state index contributed by atoms with van der Waals surface area (Å²) >= 11 is 11.8. The Morgan fingerprint density at radius 2 is 1.83 bits per heavy atom. The molecule has 188 valence electrons. The highest BCUT2D eigenvalue weighted by Gasteiger charge is 2.39. The molecule has 1 fully saturated rings. The van der Waals surface area contributed by atoms with Crippen molar-refractivity contribution >= 4 is 52.5 Å². The summed E-state index contributed by atoms with van der Waals surface area (Å²) in [5, 5.41) is 15.4. The van der Waals surface area contributed by atoms with Crippen molar-refractivity contribution in [1.82, 2.24) is 15.1 Å². The van der Waals surface area contributed by atoms with Crippen molar-refractivity contribution in [3.8, 4) is 6.07 Å². The van der Waals surface area contributed by atoms with Crippen LogP contribution in [0.2, 0.25) is 10.0 Å². The maximum atomic E-state index is 12.9. The van der Waals surface area contributed by atoms with Gasteiger partial charge in [0.25, 0.3) is 5.91 Å². The number of nitriles is 1. The normalized spacial score (nSPS) is 17.6. The van der Waals surface area contributed by atoms with E-state index in [0.29, 0.717) is 10.7 Å². The summed E-state index contributed by atoms with van der Waals surface area (Å²) < 4.78 is 0. The molecule has 2 aromatic carbocycles. The Kier molecular flexibility index (Phi) is 8.91. The van der Waals surface area contributed by atoms with E-state index in [0.717, 1.165) is 0 Å². The fourth-order valence-corrected chi connectivity index (χ4v) is 4.17. The number of likely N-dealkylation sites (tertiary alicyclic amines) is 1. The van der Waals surface area contributed by atoms with Gasteiger partial charge in [0.2, 0.25) is 17.7 Å². The van der Waals surface area contributed by atoms with E-state index in [9.17, 15) is 24.4 Å². The molecule has 2 N–H and O–H groups in total. The van der Waals surface area contributed by atoms with Gasteiger partial charge in [-0.05, 0) is 43.7 Å². The molecule has 1 aliphatic heterocycles. The van der Waals surface area contributed by atoms with Crippen LogP contribution in [-0.2, 0) is 14.4 Å². The zero-order chi connectivity index (χ0) is 26.4. The van der Waals surface area contributed by atoms with Crippen molar-refractivity contribution in [3.05, 3.63) is 64.1 Å². The van der Waals surface area contributed by atoms with Gasteiger partial charge in [-0.3, -0.25) is 19.2 Å². The zero-order valence-corrected chi connectivity index (χ0v) is 21.2. The summed E-state index contributed by atoms with van der Waals surface area (Å²) in [7, 11) is 1.43. The lowest BCUT2D eigenvalue weighted by molar-refractivity contribution is -0.140. The van der Waals surface area contributed by atoms with E-state index in [1.807, 2.05) is 6.07 Å². The van der Waals surface area contributed by atoms with Crippen LogP contribution < -0.4 is 10.6 Å². The maximum Gasteiger partial charge on any atom is 0.251 e. The minimum atomic E-state index is -0.931. The first kappa shape index (κ1) is 27.0. The topological polar surface area (TPSA) is 123 Å². The molecule has 3 atom stereocenters. The lowest BCUT2D eigenvalue weighted by Gasteiger charge is -2.26. The summed E-state index contributed by atoms with van der Waals surface area (Å²) in [5.74, 6) is -2.31. The second kappa shape index (κ2) is 11.9. The van der Waals surface area contributed by atoms with Gasteiger partial charge in [-0.2, -0.15) is 5.26 Å². The molecule has 4 amide bonds. The van der Waals surface area contributed by atoms with Crippen molar-refractivity contribution < 1.29 is 19.2 Å². The molecule has 0 aromatic heterocycles. The SMILES string of the molecule is CC(NC(=O)c1ccc(Cl)c(Cl)c1)C(=O)N(C)CC(=O)N1CC(C(=O)Nc2ccccc2)CC1C#N. The molecule has 1 saturated heterocycles. The highest BCUT2D eigenvalue weighted by atomic mass is 35.5. The minimum Gasteiger partial charge on any atom is -0.341 e. The van der Waals surface area contributed by atoms with Crippen molar-refractivity contribution in [2.75, 3.05) is 25.5 Å². The molecular weight excluding hydrogens is 505 g/mol. The smallest absolute Gasteiger partial charge is 0.251 e. The Morgan fingerprint density at radius 3 is 2.47 bits per heavy atom. The largest absolute Gasteiger partial charge is 0.341 e. The molecule has 3 rings (SSSR count). The van der Waals surface area contributed by atoms with Crippen LogP contribution in [-0.4, -0.2) is 65.6 Å². The Balaban J connectivity index is 1.56. The molecule has 1 heterocycles. The number of likely N-dealkylation sites (N-methyl/N-ethyl adjacent to an activating group) is 1. The van der Waals surface area contributed by atoms with Crippen molar-refractivity contribution in [2.45, 2.75) is 25.4 Å². The number of amides is 4. The minimum absolute atomic E-state index is 0.0708. The Labute approximate surface area is 218 Å².